The summed E-state index contributed by atoms with van der Waals surface area (Å²) in [5.41, 5.74) is 6.90. The Labute approximate surface area is 113 Å². The fraction of sp³-hybridized carbons (Fsp3) is 0.0769. The number of nitrogens with two attached hydrogens (primary N) is 1. The van der Waals surface area contributed by atoms with E-state index >= 15 is 0 Å². The van der Waals surface area contributed by atoms with Gasteiger partial charge in [-0.3, -0.25) is 10.1 Å². The van der Waals surface area contributed by atoms with Gasteiger partial charge >= 0.3 is 0 Å². The van der Waals surface area contributed by atoms with Crippen LogP contribution >= 0.6 is 11.8 Å². The summed E-state index contributed by atoms with van der Waals surface area (Å²) in [6.45, 7) is 1.70. The molecule has 0 aliphatic heterocycles. The predicted molar refractivity (Wildman–Crippen MR) is 72.8 cm³/mol. The van der Waals surface area contributed by atoms with Crippen molar-refractivity contribution in [3.8, 4) is 0 Å². The summed E-state index contributed by atoms with van der Waals surface area (Å²) in [5.74, 6) is -0.409. The maximum Gasteiger partial charge on any atom is 0.283 e. The molecule has 98 valence electrons. The summed E-state index contributed by atoms with van der Waals surface area (Å²) >= 11 is 1.09. The molecule has 0 radical (unpaired) electrons. The van der Waals surface area contributed by atoms with E-state index in [1.807, 2.05) is 0 Å². The highest BCUT2D eigenvalue weighted by molar-refractivity contribution is 7.99. The summed E-state index contributed by atoms with van der Waals surface area (Å²) in [5, 5.41) is 10.9. The van der Waals surface area contributed by atoms with Crippen LogP contribution in [0.15, 0.2) is 46.2 Å². The quantitative estimate of drug-likeness (QED) is 0.527. The van der Waals surface area contributed by atoms with E-state index in [-0.39, 0.29) is 5.69 Å². The number of halogens is 1. The third-order valence-electron chi connectivity index (χ3n) is 2.60. The van der Waals surface area contributed by atoms with E-state index in [4.69, 9.17) is 5.73 Å². The van der Waals surface area contributed by atoms with Crippen molar-refractivity contribution in [2.45, 2.75) is 16.7 Å². The molecule has 19 heavy (non-hydrogen) atoms. The number of aryl methyl sites for hydroxylation is 1. The number of nitro groups is 1. The average molecular weight is 278 g/mol. The minimum Gasteiger partial charge on any atom is -0.398 e. The average Bonchev–Trinajstić information content (AvgIpc) is 2.35. The first-order valence-electron chi connectivity index (χ1n) is 5.46. The van der Waals surface area contributed by atoms with Crippen LogP contribution in [-0.2, 0) is 0 Å². The van der Waals surface area contributed by atoms with Gasteiger partial charge in [0.15, 0.2) is 0 Å². The zero-order valence-electron chi connectivity index (χ0n) is 10.1. The predicted octanol–water partition coefficient (Wildman–Crippen LogP) is 3.78. The molecule has 0 saturated carbocycles. The van der Waals surface area contributed by atoms with E-state index < -0.39 is 10.7 Å². The second kappa shape index (κ2) is 5.27. The first kappa shape index (κ1) is 13.4. The minimum absolute atomic E-state index is 0.0196. The van der Waals surface area contributed by atoms with Crippen LogP contribution in [0.2, 0.25) is 0 Å². The summed E-state index contributed by atoms with van der Waals surface area (Å²) in [6, 6.07) is 8.91. The molecule has 0 spiro atoms. The summed E-state index contributed by atoms with van der Waals surface area (Å²) < 4.78 is 13.4. The topological polar surface area (TPSA) is 69.2 Å². The maximum atomic E-state index is 13.4. The Bertz CT molecular complexity index is 647. The first-order chi connectivity index (χ1) is 8.99. The van der Waals surface area contributed by atoms with E-state index in [0.29, 0.717) is 21.0 Å². The van der Waals surface area contributed by atoms with Gasteiger partial charge in [-0.15, -0.1) is 0 Å². The first-order valence-corrected chi connectivity index (χ1v) is 6.27. The largest absolute Gasteiger partial charge is 0.398 e. The molecule has 0 saturated heterocycles. The highest BCUT2D eigenvalue weighted by atomic mass is 32.2. The van der Waals surface area contributed by atoms with Gasteiger partial charge in [-0.2, -0.15) is 0 Å². The SMILES string of the molecule is Cc1cc(F)cc(Sc2ccccc2[N+](=O)[O-])c1N. The molecule has 6 heteroatoms. The van der Waals surface area contributed by atoms with Crippen LogP contribution in [0.5, 0.6) is 0 Å². The Morgan fingerprint density at radius 1 is 1.26 bits per heavy atom. The number of para-hydroxylation sites is 1. The number of nitro benzene ring substituents is 1. The Kier molecular flexibility index (Phi) is 3.71. The van der Waals surface area contributed by atoms with Crippen molar-refractivity contribution in [3.63, 3.8) is 0 Å². The van der Waals surface area contributed by atoms with Crippen molar-refractivity contribution >= 4 is 23.1 Å². The number of benzene rings is 2. The molecule has 2 aromatic rings. The number of hydrogen-bond donors (Lipinski definition) is 1. The molecule has 0 aliphatic carbocycles. The Morgan fingerprint density at radius 2 is 1.95 bits per heavy atom. The second-order valence-electron chi connectivity index (χ2n) is 3.96. The van der Waals surface area contributed by atoms with Crippen LogP contribution in [0.3, 0.4) is 0 Å². The van der Waals surface area contributed by atoms with Gasteiger partial charge in [0.2, 0.25) is 0 Å². The zero-order chi connectivity index (χ0) is 14.0. The third kappa shape index (κ3) is 2.85. The lowest BCUT2D eigenvalue weighted by molar-refractivity contribution is -0.387. The van der Waals surface area contributed by atoms with Crippen molar-refractivity contribution in [3.05, 3.63) is 57.9 Å². The number of hydrogen-bond acceptors (Lipinski definition) is 4. The van der Waals surface area contributed by atoms with Crippen LogP contribution < -0.4 is 5.73 Å². The Hall–Kier alpha value is -2.08. The van der Waals surface area contributed by atoms with Gasteiger partial charge in [-0.05, 0) is 30.7 Å². The molecule has 0 bridgehead atoms. The molecular weight excluding hydrogens is 267 g/mol. The lowest BCUT2D eigenvalue weighted by Gasteiger charge is -2.08. The molecule has 0 aromatic heterocycles. The van der Waals surface area contributed by atoms with Crippen molar-refractivity contribution < 1.29 is 9.31 Å². The van der Waals surface area contributed by atoms with E-state index in [1.165, 1.54) is 18.2 Å². The van der Waals surface area contributed by atoms with Crippen LogP contribution in [-0.4, -0.2) is 4.92 Å². The van der Waals surface area contributed by atoms with Crippen LogP contribution in [0.1, 0.15) is 5.56 Å². The van der Waals surface area contributed by atoms with Gasteiger partial charge in [0.25, 0.3) is 5.69 Å². The minimum atomic E-state index is -0.468. The van der Waals surface area contributed by atoms with Gasteiger partial charge in [0.1, 0.15) is 5.82 Å². The molecule has 0 atom stereocenters. The van der Waals surface area contributed by atoms with Crippen molar-refractivity contribution in [1.82, 2.24) is 0 Å². The fourth-order valence-electron chi connectivity index (χ4n) is 1.62. The number of rotatable bonds is 3. The van der Waals surface area contributed by atoms with Crippen LogP contribution in [0.25, 0.3) is 0 Å². The van der Waals surface area contributed by atoms with Gasteiger partial charge in [-0.1, -0.05) is 23.9 Å². The Balaban J connectivity index is 2.45. The lowest BCUT2D eigenvalue weighted by atomic mass is 10.2. The highest BCUT2D eigenvalue weighted by Gasteiger charge is 2.15. The van der Waals surface area contributed by atoms with Gasteiger partial charge < -0.3 is 5.73 Å². The standard InChI is InChI=1S/C13H11FN2O2S/c1-8-6-9(14)7-12(13(8)15)19-11-5-3-2-4-10(11)16(17)18/h2-7H,15H2,1H3. The van der Waals surface area contributed by atoms with Crippen molar-refractivity contribution in [2.75, 3.05) is 5.73 Å². The third-order valence-corrected chi connectivity index (χ3v) is 3.72. The van der Waals surface area contributed by atoms with Crippen molar-refractivity contribution in [1.29, 1.82) is 0 Å². The molecule has 0 fully saturated rings. The second-order valence-corrected chi connectivity index (χ2v) is 5.05. The van der Waals surface area contributed by atoms with E-state index in [1.54, 1.807) is 25.1 Å². The number of nitrogens with zero attached hydrogens (tertiary/aromatic N) is 1. The molecule has 4 nitrogen and oxygen atoms in total. The maximum absolute atomic E-state index is 13.4. The number of nitrogen functional groups attached to an aromatic ring is 1. The highest BCUT2D eigenvalue weighted by Crippen LogP contribution is 2.38. The molecule has 2 rings (SSSR count). The fourth-order valence-corrected chi connectivity index (χ4v) is 2.69. The van der Waals surface area contributed by atoms with E-state index in [0.717, 1.165) is 11.8 Å². The molecule has 0 aliphatic rings. The van der Waals surface area contributed by atoms with Crippen molar-refractivity contribution in [2.24, 2.45) is 0 Å². The lowest BCUT2D eigenvalue weighted by Crippen LogP contribution is -1.95. The molecule has 0 unspecified atom stereocenters. The van der Waals surface area contributed by atoms with E-state index in [2.05, 4.69) is 0 Å². The summed E-state index contributed by atoms with van der Waals surface area (Å²) in [7, 11) is 0. The number of anilines is 1. The van der Waals surface area contributed by atoms with Gasteiger partial charge in [0, 0.05) is 16.6 Å². The Morgan fingerprint density at radius 3 is 2.63 bits per heavy atom. The monoisotopic (exact) mass is 278 g/mol. The van der Waals surface area contributed by atoms with E-state index in [9.17, 15) is 14.5 Å². The summed E-state index contributed by atoms with van der Waals surface area (Å²) in [6.07, 6.45) is 0. The molecule has 0 amide bonds. The molecular formula is C13H11FN2O2S. The molecule has 2 aromatic carbocycles. The van der Waals surface area contributed by atoms with Crippen LogP contribution in [0.4, 0.5) is 15.8 Å². The zero-order valence-corrected chi connectivity index (χ0v) is 10.9. The molecule has 2 N–H and O–H groups in total. The normalized spacial score (nSPS) is 10.4. The summed E-state index contributed by atoms with van der Waals surface area (Å²) in [4.78, 5) is 11.4. The van der Waals surface area contributed by atoms with Gasteiger partial charge in [-0.25, -0.2) is 4.39 Å². The van der Waals surface area contributed by atoms with Crippen LogP contribution in [0, 0.1) is 22.9 Å². The smallest absolute Gasteiger partial charge is 0.283 e. The molecule has 0 heterocycles. The van der Waals surface area contributed by atoms with Gasteiger partial charge in [0.05, 0.1) is 9.82 Å².